The number of hydrogen-bond donors (Lipinski definition) is 0. The van der Waals surface area contributed by atoms with Gasteiger partial charge in [-0.3, -0.25) is 9.59 Å². The maximum Gasteiger partial charge on any atom is 0.311 e. The zero-order valence-corrected chi connectivity index (χ0v) is 22.7. The average Bonchev–Trinajstić information content (AvgIpc) is 2.88. The number of carbonyl (C=O) groups excluding carboxylic acids is 2. The molecule has 5 nitrogen and oxygen atoms in total. The summed E-state index contributed by atoms with van der Waals surface area (Å²) in [5.74, 6) is 0.686. The number of hydrogen-bond acceptors (Lipinski definition) is 5. The van der Waals surface area contributed by atoms with Crippen LogP contribution in [0.2, 0.25) is 0 Å². The summed E-state index contributed by atoms with van der Waals surface area (Å²) in [6, 6.07) is 9.15. The molecule has 0 saturated heterocycles. The van der Waals surface area contributed by atoms with Crippen molar-refractivity contribution in [1.82, 2.24) is 0 Å². The van der Waals surface area contributed by atoms with E-state index in [1.54, 1.807) is 6.07 Å². The summed E-state index contributed by atoms with van der Waals surface area (Å²) in [6.45, 7) is 4.42. The molecule has 0 aliphatic rings. The number of fused-ring (bicyclic) bond motifs is 1. The molecule has 0 aliphatic heterocycles. The van der Waals surface area contributed by atoms with Crippen LogP contribution in [0.3, 0.4) is 0 Å². The van der Waals surface area contributed by atoms with Crippen molar-refractivity contribution in [1.29, 1.82) is 0 Å². The second-order valence-corrected chi connectivity index (χ2v) is 9.64. The quantitative estimate of drug-likeness (QED) is 0.110. The van der Waals surface area contributed by atoms with Gasteiger partial charge in [0.1, 0.15) is 5.75 Å². The molecule has 0 N–H and O–H groups in total. The number of benzene rings is 2. The number of esters is 2. The van der Waals surface area contributed by atoms with Crippen LogP contribution in [0, 0.1) is 0 Å². The van der Waals surface area contributed by atoms with Gasteiger partial charge in [-0.25, -0.2) is 0 Å². The molecule has 0 atom stereocenters. The Hall–Kier alpha value is -2.56. The van der Waals surface area contributed by atoms with Crippen LogP contribution in [0.15, 0.2) is 30.3 Å². The highest BCUT2D eigenvalue weighted by atomic mass is 16.6. The zero-order chi connectivity index (χ0) is 26.0. The Bertz CT molecular complexity index is 921. The minimum absolute atomic E-state index is 0.251. The molecule has 0 heterocycles. The summed E-state index contributed by atoms with van der Waals surface area (Å²) < 4.78 is 17.0. The zero-order valence-electron chi connectivity index (χ0n) is 22.7. The summed E-state index contributed by atoms with van der Waals surface area (Å²) in [4.78, 5) is 25.1. The van der Waals surface area contributed by atoms with Crippen molar-refractivity contribution in [2.75, 3.05) is 7.11 Å². The molecule has 0 spiro atoms. The minimum atomic E-state index is -0.268. The highest BCUT2D eigenvalue weighted by Gasteiger charge is 2.19. The number of ether oxygens (including phenoxy) is 3. The molecular formula is C31H46O5. The first kappa shape index (κ1) is 29.7. The Labute approximate surface area is 217 Å². The van der Waals surface area contributed by atoms with Gasteiger partial charge in [0, 0.05) is 29.7 Å². The van der Waals surface area contributed by atoms with Gasteiger partial charge in [-0.2, -0.15) is 0 Å². The average molecular weight is 499 g/mol. The number of rotatable bonds is 19. The molecule has 0 fully saturated rings. The molecule has 0 bridgehead atoms. The van der Waals surface area contributed by atoms with Crippen LogP contribution in [-0.4, -0.2) is 19.0 Å². The normalized spacial score (nSPS) is 11.0. The number of methoxy groups -OCH3 is 1. The van der Waals surface area contributed by atoms with E-state index < -0.39 is 0 Å². The SMILES string of the molecule is CCCCCCCCCC(=O)Oc1cc(OC)c(OC(=O)CCCCCCCCC)c2ccccc12. The summed E-state index contributed by atoms with van der Waals surface area (Å²) >= 11 is 0. The van der Waals surface area contributed by atoms with E-state index in [0.717, 1.165) is 43.9 Å². The molecule has 0 unspecified atom stereocenters. The van der Waals surface area contributed by atoms with Crippen molar-refractivity contribution in [3.05, 3.63) is 30.3 Å². The van der Waals surface area contributed by atoms with E-state index >= 15 is 0 Å². The second-order valence-electron chi connectivity index (χ2n) is 9.64. The summed E-state index contributed by atoms with van der Waals surface area (Å²) in [6.07, 6.45) is 16.8. The summed E-state index contributed by atoms with van der Waals surface area (Å²) in [5.41, 5.74) is 0. The van der Waals surface area contributed by atoms with Crippen LogP contribution in [0.4, 0.5) is 0 Å². The van der Waals surface area contributed by atoms with Crippen molar-refractivity contribution >= 4 is 22.7 Å². The van der Waals surface area contributed by atoms with Gasteiger partial charge in [0.05, 0.1) is 7.11 Å². The lowest BCUT2D eigenvalue weighted by atomic mass is 10.1. The second kappa shape index (κ2) is 17.8. The molecule has 5 heteroatoms. The third kappa shape index (κ3) is 10.6. The van der Waals surface area contributed by atoms with E-state index in [9.17, 15) is 9.59 Å². The first-order valence-electron chi connectivity index (χ1n) is 14.1. The standard InChI is InChI=1S/C31H46O5/c1-4-6-8-10-12-14-16-22-29(32)35-27-24-28(34-3)31(26-21-19-18-20-25(26)27)36-30(33)23-17-15-13-11-9-7-5-2/h18-21,24H,4-17,22-23H2,1-3H3. The van der Waals surface area contributed by atoms with E-state index in [1.807, 2.05) is 24.3 Å². The van der Waals surface area contributed by atoms with Gasteiger partial charge >= 0.3 is 11.9 Å². The van der Waals surface area contributed by atoms with E-state index in [4.69, 9.17) is 14.2 Å². The fourth-order valence-corrected chi connectivity index (χ4v) is 4.42. The molecule has 0 aromatic heterocycles. The predicted molar refractivity (Wildman–Crippen MR) is 147 cm³/mol. The van der Waals surface area contributed by atoms with Crippen molar-refractivity contribution in [3.8, 4) is 17.2 Å². The van der Waals surface area contributed by atoms with E-state index in [2.05, 4.69) is 13.8 Å². The Morgan fingerprint density at radius 1 is 0.611 bits per heavy atom. The molecule has 200 valence electrons. The Kier molecular flexibility index (Phi) is 14.7. The maximum absolute atomic E-state index is 12.6. The van der Waals surface area contributed by atoms with Gasteiger partial charge in [-0.05, 0) is 12.8 Å². The van der Waals surface area contributed by atoms with Crippen LogP contribution >= 0.6 is 0 Å². The molecule has 0 aliphatic carbocycles. The third-order valence-corrected chi connectivity index (χ3v) is 6.55. The van der Waals surface area contributed by atoms with Gasteiger partial charge in [0.25, 0.3) is 0 Å². The smallest absolute Gasteiger partial charge is 0.311 e. The van der Waals surface area contributed by atoms with Crippen LogP contribution in [0.25, 0.3) is 10.8 Å². The fraction of sp³-hybridized carbons (Fsp3) is 0.613. The first-order valence-corrected chi connectivity index (χ1v) is 14.1. The van der Waals surface area contributed by atoms with Gasteiger partial charge in [-0.1, -0.05) is 115 Å². The van der Waals surface area contributed by atoms with Gasteiger partial charge in [-0.15, -0.1) is 0 Å². The summed E-state index contributed by atoms with van der Waals surface area (Å²) in [5, 5.41) is 1.42. The predicted octanol–water partition coefficient (Wildman–Crippen LogP) is 8.94. The Morgan fingerprint density at radius 3 is 1.61 bits per heavy atom. The topological polar surface area (TPSA) is 61.8 Å². The van der Waals surface area contributed by atoms with Crippen LogP contribution in [0.1, 0.15) is 117 Å². The largest absolute Gasteiger partial charge is 0.493 e. The maximum atomic E-state index is 12.6. The van der Waals surface area contributed by atoms with Crippen LogP contribution < -0.4 is 14.2 Å². The van der Waals surface area contributed by atoms with Crippen molar-refractivity contribution in [2.45, 2.75) is 117 Å². The fourth-order valence-electron chi connectivity index (χ4n) is 4.42. The number of unbranched alkanes of at least 4 members (excludes halogenated alkanes) is 12. The van der Waals surface area contributed by atoms with E-state index in [-0.39, 0.29) is 11.9 Å². The molecule has 0 saturated carbocycles. The lowest BCUT2D eigenvalue weighted by Gasteiger charge is -2.15. The monoisotopic (exact) mass is 498 g/mol. The van der Waals surface area contributed by atoms with Crippen LogP contribution in [0.5, 0.6) is 17.2 Å². The third-order valence-electron chi connectivity index (χ3n) is 6.55. The lowest BCUT2D eigenvalue weighted by molar-refractivity contribution is -0.135. The Balaban J connectivity index is 1.96. The highest BCUT2D eigenvalue weighted by molar-refractivity contribution is 5.98. The lowest BCUT2D eigenvalue weighted by Crippen LogP contribution is -2.11. The van der Waals surface area contributed by atoms with Gasteiger partial charge in [0.15, 0.2) is 11.5 Å². The first-order chi connectivity index (χ1) is 17.6. The molecule has 0 radical (unpaired) electrons. The van der Waals surface area contributed by atoms with Crippen molar-refractivity contribution in [2.24, 2.45) is 0 Å². The van der Waals surface area contributed by atoms with Gasteiger partial charge < -0.3 is 14.2 Å². The molecule has 2 aromatic carbocycles. The number of carbonyl (C=O) groups is 2. The van der Waals surface area contributed by atoms with E-state index in [1.165, 1.54) is 58.5 Å². The minimum Gasteiger partial charge on any atom is -0.493 e. The Morgan fingerprint density at radius 2 is 1.08 bits per heavy atom. The molecular weight excluding hydrogens is 452 g/mol. The van der Waals surface area contributed by atoms with Gasteiger partial charge in [0.2, 0.25) is 0 Å². The van der Waals surface area contributed by atoms with E-state index in [0.29, 0.717) is 35.5 Å². The van der Waals surface area contributed by atoms with Crippen molar-refractivity contribution in [3.63, 3.8) is 0 Å². The molecule has 36 heavy (non-hydrogen) atoms. The molecule has 2 aromatic rings. The molecule has 2 rings (SSSR count). The van der Waals surface area contributed by atoms with Crippen molar-refractivity contribution < 1.29 is 23.8 Å². The molecule has 0 amide bonds. The summed E-state index contributed by atoms with van der Waals surface area (Å²) in [7, 11) is 1.53. The highest BCUT2D eigenvalue weighted by Crippen LogP contribution is 2.42. The van der Waals surface area contributed by atoms with Crippen LogP contribution in [-0.2, 0) is 9.59 Å².